The van der Waals surface area contributed by atoms with Gasteiger partial charge in [0.25, 0.3) is 5.91 Å². The highest BCUT2D eigenvalue weighted by molar-refractivity contribution is 5.92. The molecule has 0 unspecified atom stereocenters. The molecule has 38 heavy (non-hydrogen) atoms. The van der Waals surface area contributed by atoms with Crippen molar-refractivity contribution < 1.29 is 14.3 Å². The molecule has 4 heterocycles. The summed E-state index contributed by atoms with van der Waals surface area (Å²) in [7, 11) is 0. The molecule has 1 fully saturated rings. The molecular formula is C30H37N5O3. The van der Waals surface area contributed by atoms with Gasteiger partial charge in [0.1, 0.15) is 5.69 Å². The molecule has 8 nitrogen and oxygen atoms in total. The topological polar surface area (TPSA) is 80.7 Å². The molecule has 2 aliphatic rings. The Hall–Kier alpha value is -3.52. The summed E-state index contributed by atoms with van der Waals surface area (Å²) in [4.78, 5) is 30.6. The highest BCUT2D eigenvalue weighted by atomic mass is 16.5. The van der Waals surface area contributed by atoms with Gasteiger partial charge < -0.3 is 14.4 Å². The SMILES string of the molecule is Cc1cnc(C(=O)N2CCC(N3CCCC(C)(C)COc4ccccc4Oc4ncccc4C3)CC2)cn1. The number of aromatic nitrogens is 3. The molecule has 0 N–H and O–H groups in total. The van der Waals surface area contributed by atoms with Gasteiger partial charge in [0.05, 0.1) is 18.5 Å². The minimum Gasteiger partial charge on any atom is -0.489 e. The summed E-state index contributed by atoms with van der Waals surface area (Å²) in [5.74, 6) is 1.99. The molecule has 0 spiro atoms. The molecule has 2 aromatic heterocycles. The minimum absolute atomic E-state index is 0.0305. The second-order valence-corrected chi connectivity index (χ2v) is 11.1. The average molecular weight is 516 g/mol. The third-order valence-corrected chi connectivity index (χ3v) is 7.46. The summed E-state index contributed by atoms with van der Waals surface area (Å²) in [6.45, 7) is 10.1. The van der Waals surface area contributed by atoms with Gasteiger partial charge in [-0.1, -0.05) is 32.0 Å². The first-order valence-electron chi connectivity index (χ1n) is 13.5. The highest BCUT2D eigenvalue weighted by Gasteiger charge is 2.30. The Morgan fingerprint density at radius 1 is 0.974 bits per heavy atom. The number of pyridine rings is 1. The maximum atomic E-state index is 13.0. The van der Waals surface area contributed by atoms with Gasteiger partial charge in [-0.2, -0.15) is 0 Å². The summed E-state index contributed by atoms with van der Waals surface area (Å²) in [5.41, 5.74) is 2.30. The maximum absolute atomic E-state index is 13.0. The molecule has 8 heteroatoms. The fourth-order valence-corrected chi connectivity index (χ4v) is 5.21. The molecule has 0 bridgehead atoms. The number of likely N-dealkylation sites (tertiary alicyclic amines) is 1. The van der Waals surface area contributed by atoms with Crippen molar-refractivity contribution in [1.82, 2.24) is 24.8 Å². The van der Waals surface area contributed by atoms with Gasteiger partial charge in [0, 0.05) is 43.6 Å². The molecule has 3 aromatic rings. The highest BCUT2D eigenvalue weighted by Crippen LogP contribution is 2.35. The number of piperidine rings is 1. The number of fused-ring (bicyclic) bond motifs is 2. The van der Waals surface area contributed by atoms with Crippen LogP contribution >= 0.6 is 0 Å². The van der Waals surface area contributed by atoms with Crippen molar-refractivity contribution in [2.24, 2.45) is 5.41 Å². The summed E-state index contributed by atoms with van der Waals surface area (Å²) in [6, 6.07) is 12.2. The molecule has 200 valence electrons. The lowest BCUT2D eigenvalue weighted by molar-refractivity contribution is 0.0589. The predicted octanol–water partition coefficient (Wildman–Crippen LogP) is 5.28. The summed E-state index contributed by atoms with van der Waals surface area (Å²) in [6.07, 6.45) is 8.94. The normalized spacial score (nSPS) is 19.0. The summed E-state index contributed by atoms with van der Waals surface area (Å²) < 4.78 is 12.6. The fraction of sp³-hybridized carbons (Fsp3) is 0.467. The van der Waals surface area contributed by atoms with Gasteiger partial charge in [-0.25, -0.2) is 9.97 Å². The van der Waals surface area contributed by atoms with Crippen LogP contribution in [0.5, 0.6) is 17.4 Å². The molecule has 1 amide bonds. The van der Waals surface area contributed by atoms with Crippen LogP contribution in [0, 0.1) is 12.3 Å². The van der Waals surface area contributed by atoms with E-state index in [0.29, 0.717) is 43.1 Å². The van der Waals surface area contributed by atoms with Gasteiger partial charge in [-0.15, -0.1) is 0 Å². The second kappa shape index (κ2) is 11.5. The Bertz CT molecular complexity index is 1240. The van der Waals surface area contributed by atoms with Crippen molar-refractivity contribution in [3.05, 3.63) is 71.9 Å². The Morgan fingerprint density at radius 3 is 2.53 bits per heavy atom. The van der Waals surface area contributed by atoms with Gasteiger partial charge >= 0.3 is 0 Å². The number of hydrogen-bond acceptors (Lipinski definition) is 7. The first-order chi connectivity index (χ1) is 18.4. The Balaban J connectivity index is 1.34. The Labute approximate surface area is 225 Å². The zero-order valence-electron chi connectivity index (χ0n) is 22.6. The lowest BCUT2D eigenvalue weighted by Gasteiger charge is -2.39. The molecular weight excluding hydrogens is 478 g/mol. The quantitative estimate of drug-likeness (QED) is 0.459. The standard InChI is InChI=1S/C30H37N5O3/c1-22-18-33-25(19-32-22)29(36)34-16-11-24(12-17-34)35-15-7-13-30(2,3)21-37-26-9-4-5-10-27(26)38-28-23(20-35)8-6-14-31-28/h4-6,8-10,14,18-19,24H,7,11-13,15-17,20-21H2,1-3H3. The van der Waals surface area contributed by atoms with Crippen LogP contribution in [0.3, 0.4) is 0 Å². The van der Waals surface area contributed by atoms with E-state index in [9.17, 15) is 4.79 Å². The van der Waals surface area contributed by atoms with Crippen molar-refractivity contribution in [3.8, 4) is 17.4 Å². The van der Waals surface area contributed by atoms with E-state index >= 15 is 0 Å². The number of hydrogen-bond donors (Lipinski definition) is 0. The third kappa shape index (κ3) is 6.30. The molecule has 5 rings (SSSR count). The van der Waals surface area contributed by atoms with Crippen LogP contribution < -0.4 is 9.47 Å². The number of carbonyl (C=O) groups excluding carboxylic acids is 1. The molecule has 0 radical (unpaired) electrons. The maximum Gasteiger partial charge on any atom is 0.274 e. The zero-order valence-corrected chi connectivity index (χ0v) is 22.6. The number of rotatable bonds is 2. The van der Waals surface area contributed by atoms with Crippen molar-refractivity contribution in [1.29, 1.82) is 0 Å². The van der Waals surface area contributed by atoms with Crippen LogP contribution in [0.15, 0.2) is 55.0 Å². The molecule has 2 aliphatic heterocycles. The van der Waals surface area contributed by atoms with E-state index in [4.69, 9.17) is 9.47 Å². The zero-order chi connectivity index (χ0) is 26.5. The van der Waals surface area contributed by atoms with Crippen LogP contribution in [-0.2, 0) is 6.54 Å². The van der Waals surface area contributed by atoms with Gasteiger partial charge in [0.15, 0.2) is 11.5 Å². The van der Waals surface area contributed by atoms with Gasteiger partial charge in [-0.05, 0) is 62.8 Å². The number of amides is 1. The minimum atomic E-state index is -0.0377. The van der Waals surface area contributed by atoms with Crippen molar-refractivity contribution in [2.75, 3.05) is 26.2 Å². The lowest BCUT2D eigenvalue weighted by Crippen LogP contribution is -2.47. The first-order valence-corrected chi connectivity index (χ1v) is 13.5. The van der Waals surface area contributed by atoms with Crippen molar-refractivity contribution >= 4 is 5.91 Å². The number of nitrogens with zero attached hydrogens (tertiary/aromatic N) is 5. The van der Waals surface area contributed by atoms with E-state index in [1.54, 1.807) is 18.6 Å². The van der Waals surface area contributed by atoms with Crippen LogP contribution in [0.4, 0.5) is 0 Å². The first kappa shape index (κ1) is 26.1. The van der Waals surface area contributed by atoms with Crippen molar-refractivity contribution in [2.45, 2.75) is 59.0 Å². The van der Waals surface area contributed by atoms with Gasteiger partial charge in [0.2, 0.25) is 5.88 Å². The second-order valence-electron chi connectivity index (χ2n) is 11.1. The number of aryl methyl sites for hydroxylation is 1. The van der Waals surface area contributed by atoms with E-state index in [1.165, 1.54) is 0 Å². The van der Waals surface area contributed by atoms with E-state index in [-0.39, 0.29) is 11.3 Å². The molecule has 0 aliphatic carbocycles. The predicted molar refractivity (Wildman–Crippen MR) is 145 cm³/mol. The van der Waals surface area contributed by atoms with E-state index < -0.39 is 0 Å². The molecule has 1 aromatic carbocycles. The van der Waals surface area contributed by atoms with Gasteiger partial charge in [-0.3, -0.25) is 14.7 Å². The molecule has 0 saturated carbocycles. The fourth-order valence-electron chi connectivity index (χ4n) is 5.21. The number of carbonyl (C=O) groups is 1. The monoisotopic (exact) mass is 515 g/mol. The smallest absolute Gasteiger partial charge is 0.274 e. The number of para-hydroxylation sites is 2. The Morgan fingerprint density at radius 2 is 1.76 bits per heavy atom. The number of ether oxygens (including phenoxy) is 2. The van der Waals surface area contributed by atoms with Crippen LogP contribution in [0.2, 0.25) is 0 Å². The largest absolute Gasteiger partial charge is 0.489 e. The van der Waals surface area contributed by atoms with E-state index in [1.807, 2.05) is 42.2 Å². The van der Waals surface area contributed by atoms with Crippen LogP contribution in [-0.4, -0.2) is 62.9 Å². The summed E-state index contributed by atoms with van der Waals surface area (Å²) >= 11 is 0. The molecule has 0 atom stereocenters. The average Bonchev–Trinajstić information content (AvgIpc) is 2.93. The van der Waals surface area contributed by atoms with Crippen molar-refractivity contribution in [3.63, 3.8) is 0 Å². The van der Waals surface area contributed by atoms with Crippen LogP contribution in [0.1, 0.15) is 61.3 Å². The van der Waals surface area contributed by atoms with Crippen LogP contribution in [0.25, 0.3) is 0 Å². The number of benzene rings is 1. The van der Waals surface area contributed by atoms with E-state index in [0.717, 1.165) is 55.8 Å². The molecule has 1 saturated heterocycles. The van der Waals surface area contributed by atoms with E-state index in [2.05, 4.69) is 39.8 Å². The summed E-state index contributed by atoms with van der Waals surface area (Å²) in [5, 5.41) is 0. The Kier molecular flexibility index (Phi) is 7.88. The lowest BCUT2D eigenvalue weighted by atomic mass is 9.88. The third-order valence-electron chi connectivity index (χ3n) is 7.46.